The second kappa shape index (κ2) is 6.63. The summed E-state index contributed by atoms with van der Waals surface area (Å²) in [5.74, 6) is 0. The SMILES string of the molecule is CN(C(=O)[n+]1cccc(-c2ccccc2)c1)c1ccc(Cl)cc1. The van der Waals surface area contributed by atoms with Crippen LogP contribution in [-0.4, -0.2) is 13.1 Å². The molecule has 0 N–H and O–H groups in total. The van der Waals surface area contributed by atoms with Gasteiger partial charge in [0.15, 0.2) is 0 Å². The lowest BCUT2D eigenvalue weighted by atomic mass is 10.1. The van der Waals surface area contributed by atoms with Crippen LogP contribution >= 0.6 is 11.6 Å². The number of benzene rings is 2. The monoisotopic (exact) mass is 323 g/mol. The van der Waals surface area contributed by atoms with E-state index in [0.29, 0.717) is 5.02 Å². The molecule has 0 unspecified atom stereocenters. The number of anilines is 1. The molecule has 1 aromatic heterocycles. The van der Waals surface area contributed by atoms with Gasteiger partial charge in [0.1, 0.15) is 11.9 Å². The first-order valence-corrected chi connectivity index (χ1v) is 7.63. The Labute approximate surface area is 140 Å². The number of carbonyl (C=O) groups is 1. The van der Waals surface area contributed by atoms with Crippen molar-refractivity contribution in [2.24, 2.45) is 0 Å². The number of hydrogen-bond donors (Lipinski definition) is 0. The Kier molecular flexibility index (Phi) is 4.40. The Hall–Kier alpha value is -2.65. The van der Waals surface area contributed by atoms with Gasteiger partial charge in [-0.25, -0.2) is 0 Å². The molecule has 0 bridgehead atoms. The van der Waals surface area contributed by atoms with Crippen molar-refractivity contribution in [3.63, 3.8) is 0 Å². The molecule has 0 aliphatic rings. The maximum absolute atomic E-state index is 12.7. The third-order valence-corrected chi connectivity index (χ3v) is 3.88. The average molecular weight is 324 g/mol. The first kappa shape index (κ1) is 15.3. The molecule has 0 saturated carbocycles. The van der Waals surface area contributed by atoms with Gasteiger partial charge in [-0.05, 0) is 42.0 Å². The van der Waals surface area contributed by atoms with Crippen molar-refractivity contribution in [3.05, 3.63) is 84.1 Å². The van der Waals surface area contributed by atoms with Gasteiger partial charge < -0.3 is 0 Å². The Morgan fingerprint density at radius 2 is 1.57 bits per heavy atom. The van der Waals surface area contributed by atoms with Gasteiger partial charge in [-0.3, -0.25) is 0 Å². The van der Waals surface area contributed by atoms with Crippen LogP contribution in [0.4, 0.5) is 10.5 Å². The van der Waals surface area contributed by atoms with Crippen LogP contribution in [0.15, 0.2) is 79.1 Å². The van der Waals surface area contributed by atoms with Crippen LogP contribution in [0.2, 0.25) is 5.02 Å². The Morgan fingerprint density at radius 1 is 0.913 bits per heavy atom. The number of nitrogens with zero attached hydrogens (tertiary/aromatic N) is 2. The lowest BCUT2D eigenvalue weighted by Gasteiger charge is -2.10. The standard InChI is InChI=1S/C19H16ClN2O/c1-21(18-11-9-17(20)10-12-18)19(23)22-13-5-8-16(14-22)15-6-3-2-4-7-15/h2-14H,1H3/q+1. The summed E-state index contributed by atoms with van der Waals surface area (Å²) in [6, 6.07) is 20.9. The summed E-state index contributed by atoms with van der Waals surface area (Å²) in [7, 11) is 1.74. The van der Waals surface area contributed by atoms with E-state index >= 15 is 0 Å². The fraction of sp³-hybridized carbons (Fsp3) is 0.0526. The second-order valence-electron chi connectivity index (χ2n) is 5.18. The van der Waals surface area contributed by atoms with E-state index in [1.54, 1.807) is 34.8 Å². The van der Waals surface area contributed by atoms with Crippen LogP contribution in [0.3, 0.4) is 0 Å². The van der Waals surface area contributed by atoms with Gasteiger partial charge in [-0.1, -0.05) is 41.9 Å². The molecule has 0 aliphatic heterocycles. The number of pyridine rings is 1. The summed E-state index contributed by atoms with van der Waals surface area (Å²) < 4.78 is 1.58. The molecule has 0 atom stereocenters. The van der Waals surface area contributed by atoms with Gasteiger partial charge in [0, 0.05) is 10.6 Å². The quantitative estimate of drug-likeness (QED) is 0.641. The van der Waals surface area contributed by atoms with Crippen molar-refractivity contribution in [3.8, 4) is 11.1 Å². The Balaban J connectivity index is 1.89. The molecule has 0 aliphatic carbocycles. The molecular formula is C19H16ClN2O+. The van der Waals surface area contributed by atoms with E-state index in [2.05, 4.69) is 0 Å². The summed E-state index contributed by atoms with van der Waals surface area (Å²) in [5, 5.41) is 0.647. The molecule has 3 nitrogen and oxygen atoms in total. The number of amides is 1. The lowest BCUT2D eigenvalue weighted by Crippen LogP contribution is -2.50. The highest BCUT2D eigenvalue weighted by atomic mass is 35.5. The molecular weight excluding hydrogens is 308 g/mol. The highest BCUT2D eigenvalue weighted by Crippen LogP contribution is 2.18. The molecule has 1 heterocycles. The van der Waals surface area contributed by atoms with Crippen molar-refractivity contribution >= 4 is 23.3 Å². The highest BCUT2D eigenvalue weighted by Gasteiger charge is 2.22. The van der Waals surface area contributed by atoms with Crippen molar-refractivity contribution < 1.29 is 9.36 Å². The van der Waals surface area contributed by atoms with Crippen LogP contribution in [-0.2, 0) is 0 Å². The maximum Gasteiger partial charge on any atom is 0.502 e. The average Bonchev–Trinajstić information content (AvgIpc) is 2.62. The molecule has 4 heteroatoms. The van der Waals surface area contributed by atoms with Gasteiger partial charge in [-0.15, -0.1) is 0 Å². The normalized spacial score (nSPS) is 10.3. The van der Waals surface area contributed by atoms with Gasteiger partial charge in [0.05, 0.1) is 13.2 Å². The third kappa shape index (κ3) is 3.41. The molecule has 0 fully saturated rings. The first-order chi connectivity index (χ1) is 11.1. The zero-order chi connectivity index (χ0) is 16.2. The Morgan fingerprint density at radius 3 is 2.26 bits per heavy atom. The fourth-order valence-electron chi connectivity index (χ4n) is 2.34. The second-order valence-corrected chi connectivity index (χ2v) is 5.62. The van der Waals surface area contributed by atoms with Gasteiger partial charge in [-0.2, -0.15) is 14.3 Å². The van der Waals surface area contributed by atoms with Crippen molar-refractivity contribution in [2.75, 3.05) is 11.9 Å². The molecule has 2 aromatic carbocycles. The highest BCUT2D eigenvalue weighted by molar-refractivity contribution is 6.30. The van der Waals surface area contributed by atoms with Crippen molar-refractivity contribution in [2.45, 2.75) is 0 Å². The number of carbonyl (C=O) groups excluding carboxylic acids is 1. The van der Waals surface area contributed by atoms with E-state index in [0.717, 1.165) is 16.8 Å². The number of hydrogen-bond acceptors (Lipinski definition) is 1. The van der Waals surface area contributed by atoms with Crippen molar-refractivity contribution in [1.82, 2.24) is 0 Å². The predicted molar refractivity (Wildman–Crippen MR) is 92.7 cm³/mol. The van der Waals surface area contributed by atoms with Crippen molar-refractivity contribution in [1.29, 1.82) is 0 Å². The minimum Gasteiger partial charge on any atom is -0.196 e. The third-order valence-electron chi connectivity index (χ3n) is 3.63. The van der Waals surface area contributed by atoms with Crippen LogP contribution in [0, 0.1) is 0 Å². The molecule has 0 radical (unpaired) electrons. The fourth-order valence-corrected chi connectivity index (χ4v) is 2.47. The summed E-state index contributed by atoms with van der Waals surface area (Å²) in [4.78, 5) is 14.3. The van der Waals surface area contributed by atoms with E-state index in [1.807, 2.05) is 60.8 Å². The maximum atomic E-state index is 12.7. The van der Waals surface area contributed by atoms with Gasteiger partial charge in [0.25, 0.3) is 0 Å². The smallest absolute Gasteiger partial charge is 0.196 e. The first-order valence-electron chi connectivity index (χ1n) is 7.25. The minimum absolute atomic E-state index is 0.134. The summed E-state index contributed by atoms with van der Waals surface area (Å²) >= 11 is 5.89. The Bertz CT molecular complexity index is 816. The molecule has 3 rings (SSSR count). The zero-order valence-corrected chi connectivity index (χ0v) is 13.4. The van der Waals surface area contributed by atoms with Crippen LogP contribution in [0.5, 0.6) is 0 Å². The number of halogens is 1. The molecule has 1 amide bonds. The number of aromatic nitrogens is 1. The molecule has 3 aromatic rings. The molecule has 114 valence electrons. The largest absolute Gasteiger partial charge is 0.502 e. The van der Waals surface area contributed by atoms with Gasteiger partial charge in [0.2, 0.25) is 0 Å². The minimum atomic E-state index is -0.134. The van der Waals surface area contributed by atoms with Gasteiger partial charge >= 0.3 is 6.03 Å². The van der Waals surface area contributed by atoms with E-state index in [-0.39, 0.29) is 6.03 Å². The predicted octanol–water partition coefficient (Wildman–Crippen LogP) is 4.40. The summed E-state index contributed by atoms with van der Waals surface area (Å²) in [5.41, 5.74) is 2.85. The summed E-state index contributed by atoms with van der Waals surface area (Å²) in [6.45, 7) is 0. The van der Waals surface area contributed by atoms with E-state index < -0.39 is 0 Å². The van der Waals surface area contributed by atoms with E-state index in [1.165, 1.54) is 0 Å². The van der Waals surface area contributed by atoms with Crippen LogP contribution in [0.1, 0.15) is 0 Å². The topological polar surface area (TPSA) is 24.2 Å². The number of rotatable bonds is 2. The lowest BCUT2D eigenvalue weighted by molar-refractivity contribution is -0.569. The molecule has 23 heavy (non-hydrogen) atoms. The van der Waals surface area contributed by atoms with E-state index in [4.69, 9.17) is 11.6 Å². The molecule has 0 saturated heterocycles. The van der Waals surface area contributed by atoms with Crippen LogP contribution in [0.25, 0.3) is 11.1 Å². The summed E-state index contributed by atoms with van der Waals surface area (Å²) in [6.07, 6.45) is 3.59. The van der Waals surface area contributed by atoms with Crippen LogP contribution < -0.4 is 9.47 Å². The zero-order valence-electron chi connectivity index (χ0n) is 12.7. The van der Waals surface area contributed by atoms with E-state index in [9.17, 15) is 4.79 Å². The molecule has 0 spiro atoms.